The highest BCUT2D eigenvalue weighted by Crippen LogP contribution is 2.21. The van der Waals surface area contributed by atoms with E-state index in [1.807, 2.05) is 0 Å². The molecule has 1 fully saturated rings. The Morgan fingerprint density at radius 3 is 1.71 bits per heavy atom. The molecular formula is C47H74N14O17. The fourth-order valence-corrected chi connectivity index (χ4v) is 7.91. The minimum atomic E-state index is -1.86. The number of amides is 10. The molecule has 1 saturated heterocycles. The molecule has 10 amide bonds. The predicted octanol–water partition coefficient (Wildman–Crippen LogP) is -6.79. The van der Waals surface area contributed by atoms with Crippen molar-refractivity contribution in [1.29, 1.82) is 0 Å². The molecule has 1 aromatic carbocycles. The van der Waals surface area contributed by atoms with E-state index in [0.717, 1.165) is 11.8 Å². The molecule has 22 N–H and O–H groups in total. The first-order valence-corrected chi connectivity index (χ1v) is 24.9. The van der Waals surface area contributed by atoms with E-state index in [0.29, 0.717) is 5.56 Å². The van der Waals surface area contributed by atoms with Crippen molar-refractivity contribution >= 4 is 77.0 Å². The van der Waals surface area contributed by atoms with E-state index in [1.165, 1.54) is 24.3 Å². The van der Waals surface area contributed by atoms with Crippen LogP contribution in [0.4, 0.5) is 0 Å². The quantitative estimate of drug-likeness (QED) is 0.0173. The number of hydrogen-bond acceptors (Lipinski definition) is 17. The van der Waals surface area contributed by atoms with Crippen LogP contribution in [-0.2, 0) is 64.0 Å². The molecule has 0 bridgehead atoms. The van der Waals surface area contributed by atoms with Gasteiger partial charge in [0.2, 0.25) is 59.1 Å². The van der Waals surface area contributed by atoms with E-state index in [4.69, 9.17) is 28.7 Å². The standard InChI is InChI=1S/C47H74N14O17/c1-22(2)18-30(57-38(69)26(48)21-62)42(73)59-32(20-35(50)66)45(76)61-17-5-7-33(61)44(75)56-29(13-15-36(67)68)40(71)58-31(19-24-8-10-25(64)11-9-24)43(74)54-27(6-4-16-53-47(51)52)39(70)55-28(12-14-34(49)65)41(72)60-37(23(3)63)46(77)78/h8-11,22-23,26-33,37,62-64H,4-7,12-21,48H2,1-3H3,(H2,49,65)(H2,50,66)(H,54,74)(H,55,70)(H,56,75)(H,57,69)(H,58,71)(H,59,73)(H,60,72)(H,67,68)(H,77,78)(H4,51,52,53)/t23-,26+,27+,28+,29+,30+,31+,32+,33+,37+/m1/s1. The van der Waals surface area contributed by atoms with Crippen molar-refractivity contribution in [3.63, 3.8) is 0 Å². The van der Waals surface area contributed by atoms with Gasteiger partial charge < -0.3 is 96.3 Å². The molecule has 0 spiro atoms. The van der Waals surface area contributed by atoms with Crippen molar-refractivity contribution in [3.05, 3.63) is 29.8 Å². The zero-order chi connectivity index (χ0) is 59.0. The number of hydrogen-bond donors (Lipinski definition) is 17. The molecule has 2 rings (SSSR count). The van der Waals surface area contributed by atoms with Crippen LogP contribution in [0.25, 0.3) is 0 Å². The topological polar surface area (TPSA) is 536 Å². The molecule has 1 heterocycles. The Bertz CT molecular complexity index is 2330. The number of carbonyl (C=O) groups is 12. The Morgan fingerprint density at radius 1 is 0.667 bits per heavy atom. The van der Waals surface area contributed by atoms with E-state index >= 15 is 0 Å². The lowest BCUT2D eigenvalue weighted by Gasteiger charge is -2.31. The predicted molar refractivity (Wildman–Crippen MR) is 273 cm³/mol. The number of primary amides is 2. The van der Waals surface area contributed by atoms with E-state index in [-0.39, 0.29) is 69.2 Å². The van der Waals surface area contributed by atoms with Crippen molar-refractivity contribution in [2.75, 3.05) is 19.7 Å². The number of nitrogens with one attached hydrogen (secondary N) is 7. The molecule has 78 heavy (non-hydrogen) atoms. The van der Waals surface area contributed by atoms with Crippen molar-refractivity contribution in [2.45, 2.75) is 152 Å². The summed E-state index contributed by atoms with van der Waals surface area (Å²) >= 11 is 0. The number of carboxylic acid groups (broad SMARTS) is 2. The normalized spacial score (nSPS) is 16.4. The molecule has 31 heteroatoms. The minimum Gasteiger partial charge on any atom is -0.508 e. The zero-order valence-electron chi connectivity index (χ0n) is 43.5. The van der Waals surface area contributed by atoms with Crippen LogP contribution >= 0.6 is 0 Å². The number of phenolic OH excluding ortho intramolecular Hbond substituents is 1. The van der Waals surface area contributed by atoms with Gasteiger partial charge in [0.15, 0.2) is 12.0 Å². The first-order valence-electron chi connectivity index (χ1n) is 24.9. The van der Waals surface area contributed by atoms with Crippen LogP contribution in [-0.4, -0.2) is 188 Å². The number of benzene rings is 1. The second kappa shape index (κ2) is 32.4. The first kappa shape index (κ1) is 65.9. The minimum absolute atomic E-state index is 0.0103. The van der Waals surface area contributed by atoms with Gasteiger partial charge in [0.1, 0.15) is 54.1 Å². The maximum atomic E-state index is 14.4. The van der Waals surface area contributed by atoms with Gasteiger partial charge in [-0.3, -0.25) is 57.7 Å². The van der Waals surface area contributed by atoms with E-state index in [2.05, 4.69) is 42.2 Å². The number of aliphatic hydroxyl groups excluding tert-OH is 2. The van der Waals surface area contributed by atoms with Crippen LogP contribution in [0.2, 0.25) is 0 Å². The fourth-order valence-electron chi connectivity index (χ4n) is 7.91. The van der Waals surface area contributed by atoms with Gasteiger partial charge in [-0.25, -0.2) is 4.79 Å². The largest absolute Gasteiger partial charge is 0.508 e. The molecule has 1 aliphatic heterocycles. The summed E-state index contributed by atoms with van der Waals surface area (Å²) in [6, 6.07) is -9.02. The number of aliphatic carboxylic acids is 2. The molecule has 0 saturated carbocycles. The smallest absolute Gasteiger partial charge is 0.328 e. The third-order valence-corrected chi connectivity index (χ3v) is 12.0. The highest BCUT2D eigenvalue weighted by atomic mass is 16.4. The monoisotopic (exact) mass is 1110 g/mol. The number of nitrogens with two attached hydrogens (primary N) is 5. The summed E-state index contributed by atoms with van der Waals surface area (Å²) in [5.41, 5.74) is 27.6. The molecule has 434 valence electrons. The van der Waals surface area contributed by atoms with Crippen molar-refractivity contribution in [1.82, 2.24) is 42.1 Å². The SMILES string of the molecule is CC(C)C[C@H](NC(=O)[C@@H](N)CO)C(=O)N[C@@H](CC(N)=O)C(=O)N1CCC[C@H]1C(=O)N[C@@H](CCC(=O)O)C(=O)N[C@@H](Cc1ccc(O)cc1)C(=O)N[C@@H](CCCN=C(N)N)C(=O)N[C@@H](CCC(N)=O)C(=O)N[C@H](C(=O)O)[C@@H](C)O. The molecule has 0 unspecified atom stereocenters. The van der Waals surface area contributed by atoms with Crippen molar-refractivity contribution < 1.29 is 83.1 Å². The van der Waals surface area contributed by atoms with E-state index < -0.39 is 170 Å². The number of aliphatic hydroxyl groups is 2. The Kier molecular flexibility index (Phi) is 27.4. The highest BCUT2D eigenvalue weighted by molar-refractivity contribution is 5.99. The van der Waals surface area contributed by atoms with Crippen LogP contribution < -0.4 is 65.9 Å². The second-order valence-electron chi connectivity index (χ2n) is 19.0. The Balaban J connectivity index is 2.55. The van der Waals surface area contributed by atoms with Crippen LogP contribution in [0.15, 0.2) is 29.3 Å². The number of rotatable bonds is 34. The number of carboxylic acids is 2. The van der Waals surface area contributed by atoms with Crippen LogP contribution in [0.1, 0.15) is 90.5 Å². The maximum absolute atomic E-state index is 14.4. The second-order valence-corrected chi connectivity index (χ2v) is 19.0. The van der Waals surface area contributed by atoms with Crippen molar-refractivity contribution in [2.24, 2.45) is 39.6 Å². The lowest BCUT2D eigenvalue weighted by molar-refractivity contribution is -0.145. The summed E-state index contributed by atoms with van der Waals surface area (Å²) < 4.78 is 0. The number of phenols is 1. The van der Waals surface area contributed by atoms with Crippen molar-refractivity contribution in [3.8, 4) is 5.75 Å². The van der Waals surface area contributed by atoms with Gasteiger partial charge in [0, 0.05) is 32.4 Å². The van der Waals surface area contributed by atoms with Gasteiger partial charge in [0.05, 0.1) is 19.1 Å². The number of aliphatic imine (C=N–C) groups is 1. The summed E-state index contributed by atoms with van der Waals surface area (Å²) in [5.74, 6) is -13.9. The fraction of sp³-hybridized carbons (Fsp3) is 0.596. The summed E-state index contributed by atoms with van der Waals surface area (Å²) in [6.07, 6.45) is -5.14. The molecule has 10 atom stereocenters. The van der Waals surface area contributed by atoms with Gasteiger partial charge >= 0.3 is 11.9 Å². The third-order valence-electron chi connectivity index (χ3n) is 12.0. The number of aromatic hydroxyl groups is 1. The lowest BCUT2D eigenvalue weighted by atomic mass is 10.0. The average Bonchev–Trinajstić information content (AvgIpc) is 3.85. The number of guanidine groups is 1. The van der Waals surface area contributed by atoms with Gasteiger partial charge in [-0.15, -0.1) is 0 Å². The highest BCUT2D eigenvalue weighted by Gasteiger charge is 2.41. The van der Waals surface area contributed by atoms with E-state index in [1.54, 1.807) is 13.8 Å². The maximum Gasteiger partial charge on any atom is 0.328 e. The van der Waals surface area contributed by atoms with Crippen LogP contribution in [0.3, 0.4) is 0 Å². The Labute approximate surface area is 448 Å². The van der Waals surface area contributed by atoms with Gasteiger partial charge in [-0.2, -0.15) is 0 Å². The Hall–Kier alpha value is -8.19. The number of carbonyl (C=O) groups excluding carboxylic acids is 10. The van der Waals surface area contributed by atoms with Gasteiger partial charge in [0.25, 0.3) is 0 Å². The molecule has 0 aliphatic carbocycles. The van der Waals surface area contributed by atoms with Crippen LogP contribution in [0.5, 0.6) is 5.75 Å². The zero-order valence-corrected chi connectivity index (χ0v) is 43.5. The third kappa shape index (κ3) is 23.0. The summed E-state index contributed by atoms with van der Waals surface area (Å²) in [7, 11) is 0. The molecule has 1 aromatic rings. The molecular weight excluding hydrogens is 1030 g/mol. The number of nitrogens with zero attached hydrogens (tertiary/aromatic N) is 2. The van der Waals surface area contributed by atoms with Crippen LogP contribution in [0, 0.1) is 5.92 Å². The summed E-state index contributed by atoms with van der Waals surface area (Å²) in [4.78, 5) is 163. The average molecular weight is 1110 g/mol. The lowest BCUT2D eigenvalue weighted by Crippen LogP contribution is -2.61. The van der Waals surface area contributed by atoms with Gasteiger partial charge in [-0.1, -0.05) is 26.0 Å². The summed E-state index contributed by atoms with van der Waals surface area (Å²) in [5, 5.41) is 65.1. The first-order chi connectivity index (χ1) is 36.5. The molecule has 0 radical (unpaired) electrons. The van der Waals surface area contributed by atoms with E-state index in [9.17, 15) is 83.1 Å². The van der Waals surface area contributed by atoms with Gasteiger partial charge in [-0.05, 0) is 75.5 Å². The Morgan fingerprint density at radius 2 is 1.18 bits per heavy atom. The summed E-state index contributed by atoms with van der Waals surface area (Å²) in [6.45, 7) is 3.59. The number of likely N-dealkylation sites (tertiary alicyclic amines) is 1. The molecule has 31 nitrogen and oxygen atoms in total. The molecule has 0 aromatic heterocycles. The molecule has 1 aliphatic rings.